The molecule has 9 heavy (non-hydrogen) atoms. The molecule has 1 atom stereocenters. The van der Waals surface area contributed by atoms with Crippen LogP contribution >= 0.6 is 23.5 Å². The molecule has 0 saturated heterocycles. The fourth-order valence-corrected chi connectivity index (χ4v) is 1.75. The largest absolute Gasteiger partial charge is 0.389 e. The third-order valence-corrected chi connectivity index (χ3v) is 2.86. The van der Waals surface area contributed by atoms with Crippen LogP contribution < -0.4 is 0 Å². The van der Waals surface area contributed by atoms with Crippen LogP contribution in [0.5, 0.6) is 0 Å². The third-order valence-electron chi connectivity index (χ3n) is 0.780. The smallest absolute Gasteiger partial charge is 0.0711 e. The maximum atomic E-state index is 8.88. The van der Waals surface area contributed by atoms with E-state index in [-0.39, 0.29) is 6.10 Å². The van der Waals surface area contributed by atoms with E-state index in [0.29, 0.717) is 0 Å². The lowest BCUT2D eigenvalue weighted by atomic mass is 10.4. The molecule has 0 radical (unpaired) electrons. The summed E-state index contributed by atoms with van der Waals surface area (Å²) in [5.41, 5.74) is 0. The number of hydrogen-bond donors (Lipinski definition) is 1. The number of aliphatic hydroxyl groups is 1. The van der Waals surface area contributed by atoms with Crippen molar-refractivity contribution < 1.29 is 5.11 Å². The molecule has 0 aromatic carbocycles. The highest BCUT2D eigenvalue weighted by Crippen LogP contribution is 2.23. The summed E-state index contributed by atoms with van der Waals surface area (Å²) in [4.78, 5) is 0. The number of hydrogen-bond acceptors (Lipinski definition) is 3. The van der Waals surface area contributed by atoms with Crippen LogP contribution in [-0.2, 0) is 0 Å². The predicted molar refractivity (Wildman–Crippen MR) is 46.8 cm³/mol. The van der Waals surface area contributed by atoms with Gasteiger partial charge in [0.1, 0.15) is 0 Å². The van der Waals surface area contributed by atoms with Crippen molar-refractivity contribution in [1.29, 1.82) is 0 Å². The van der Waals surface area contributed by atoms with E-state index < -0.39 is 0 Å². The molecule has 0 saturated carbocycles. The molecule has 0 aliphatic carbocycles. The quantitative estimate of drug-likeness (QED) is 0.688. The van der Waals surface area contributed by atoms with E-state index in [2.05, 4.69) is 0 Å². The second kappa shape index (κ2) is 5.21. The molecule has 1 nitrogen and oxygen atoms in total. The molecule has 0 rings (SSSR count). The van der Waals surface area contributed by atoms with Crippen LogP contribution in [0.15, 0.2) is 10.3 Å². The average molecular weight is 164 g/mol. The summed E-state index contributed by atoms with van der Waals surface area (Å²) in [5, 5.41) is 8.88. The van der Waals surface area contributed by atoms with E-state index in [0.717, 1.165) is 0 Å². The molecule has 0 fully saturated rings. The lowest BCUT2D eigenvalue weighted by Gasteiger charge is -1.99. The van der Waals surface area contributed by atoms with Gasteiger partial charge >= 0.3 is 0 Å². The lowest BCUT2D eigenvalue weighted by Crippen LogP contribution is -1.92. The molecular formula is C6H12OS2. The number of rotatable bonds is 3. The van der Waals surface area contributed by atoms with Crippen molar-refractivity contribution in [3.05, 3.63) is 10.3 Å². The Balaban J connectivity index is 3.75. The van der Waals surface area contributed by atoms with E-state index in [4.69, 9.17) is 5.11 Å². The predicted octanol–water partition coefficient (Wildman–Crippen LogP) is 1.93. The fourth-order valence-electron chi connectivity index (χ4n) is 0.416. The first kappa shape index (κ1) is 9.40. The van der Waals surface area contributed by atoms with Crippen LogP contribution in [0.4, 0.5) is 0 Å². The summed E-state index contributed by atoms with van der Waals surface area (Å²) in [6.45, 7) is 1.76. The SMILES string of the molecule is CSC(=CC(C)O)SC. The van der Waals surface area contributed by atoms with Gasteiger partial charge in [-0.1, -0.05) is 0 Å². The van der Waals surface area contributed by atoms with Crippen LogP contribution in [0, 0.1) is 0 Å². The fraction of sp³-hybridized carbons (Fsp3) is 0.667. The topological polar surface area (TPSA) is 20.2 Å². The molecule has 0 heterocycles. The molecule has 3 heteroatoms. The van der Waals surface area contributed by atoms with Crippen LogP contribution in [0.25, 0.3) is 0 Å². The molecule has 0 aliphatic heterocycles. The van der Waals surface area contributed by atoms with Crippen molar-refractivity contribution in [2.24, 2.45) is 0 Å². The molecule has 0 aromatic heterocycles. The van der Waals surface area contributed by atoms with Crippen molar-refractivity contribution in [1.82, 2.24) is 0 Å². The second-order valence-electron chi connectivity index (χ2n) is 1.63. The van der Waals surface area contributed by atoms with Gasteiger partial charge in [-0.05, 0) is 25.5 Å². The van der Waals surface area contributed by atoms with E-state index in [1.165, 1.54) is 4.24 Å². The van der Waals surface area contributed by atoms with Crippen LogP contribution in [-0.4, -0.2) is 23.7 Å². The summed E-state index contributed by atoms with van der Waals surface area (Å²) in [7, 11) is 0. The molecule has 54 valence electrons. The van der Waals surface area contributed by atoms with Crippen molar-refractivity contribution in [3.8, 4) is 0 Å². The monoisotopic (exact) mass is 164 g/mol. The third kappa shape index (κ3) is 4.88. The normalized spacial score (nSPS) is 12.9. The maximum Gasteiger partial charge on any atom is 0.0711 e. The highest BCUT2D eigenvalue weighted by Gasteiger charge is 1.93. The summed E-state index contributed by atoms with van der Waals surface area (Å²) in [6, 6.07) is 0. The standard InChI is InChI=1S/C6H12OS2/c1-5(7)4-6(8-2)9-3/h4-5,7H,1-3H3. The van der Waals surface area contributed by atoms with Crippen LogP contribution in [0.3, 0.4) is 0 Å². The molecule has 0 spiro atoms. The van der Waals surface area contributed by atoms with Gasteiger partial charge in [-0.15, -0.1) is 23.5 Å². The van der Waals surface area contributed by atoms with E-state index >= 15 is 0 Å². The maximum absolute atomic E-state index is 8.88. The van der Waals surface area contributed by atoms with Gasteiger partial charge in [0.05, 0.1) is 6.10 Å². The molecule has 0 bridgehead atoms. The Morgan fingerprint density at radius 3 is 2.00 bits per heavy atom. The average Bonchev–Trinajstić information content (AvgIpc) is 1.82. The Bertz CT molecular complexity index is 93.2. The zero-order valence-electron chi connectivity index (χ0n) is 5.92. The molecule has 0 amide bonds. The van der Waals surface area contributed by atoms with Crippen molar-refractivity contribution in [3.63, 3.8) is 0 Å². The van der Waals surface area contributed by atoms with Crippen molar-refractivity contribution in [2.45, 2.75) is 13.0 Å². The Morgan fingerprint density at radius 1 is 1.44 bits per heavy atom. The van der Waals surface area contributed by atoms with Crippen LogP contribution in [0.1, 0.15) is 6.92 Å². The van der Waals surface area contributed by atoms with Crippen molar-refractivity contribution in [2.75, 3.05) is 12.5 Å². The highest BCUT2D eigenvalue weighted by molar-refractivity contribution is 8.21. The Labute approximate surface area is 64.9 Å². The minimum Gasteiger partial charge on any atom is -0.389 e. The van der Waals surface area contributed by atoms with E-state index in [1.54, 1.807) is 30.4 Å². The molecule has 1 N–H and O–H groups in total. The summed E-state index contributed by atoms with van der Waals surface area (Å²) >= 11 is 3.32. The Morgan fingerprint density at radius 2 is 1.89 bits per heavy atom. The van der Waals surface area contributed by atoms with Crippen molar-refractivity contribution >= 4 is 23.5 Å². The summed E-state index contributed by atoms with van der Waals surface area (Å²) < 4.78 is 1.17. The zero-order chi connectivity index (χ0) is 7.28. The molecule has 1 unspecified atom stereocenters. The Kier molecular flexibility index (Phi) is 5.44. The summed E-state index contributed by atoms with van der Waals surface area (Å²) in [6.07, 6.45) is 5.53. The Hall–Kier alpha value is 0.400. The van der Waals surface area contributed by atoms with E-state index in [1.807, 2.05) is 18.6 Å². The minimum atomic E-state index is -0.320. The molecule has 0 aromatic rings. The van der Waals surface area contributed by atoms with Gasteiger partial charge in [0.25, 0.3) is 0 Å². The number of aliphatic hydroxyl groups excluding tert-OH is 1. The number of thioether (sulfide) groups is 2. The molecular weight excluding hydrogens is 152 g/mol. The van der Waals surface area contributed by atoms with E-state index in [9.17, 15) is 0 Å². The van der Waals surface area contributed by atoms with Gasteiger partial charge in [0.2, 0.25) is 0 Å². The first-order valence-electron chi connectivity index (χ1n) is 2.68. The van der Waals surface area contributed by atoms with Gasteiger partial charge in [-0.2, -0.15) is 0 Å². The van der Waals surface area contributed by atoms with Gasteiger partial charge in [0.15, 0.2) is 0 Å². The highest BCUT2D eigenvalue weighted by atomic mass is 32.2. The lowest BCUT2D eigenvalue weighted by molar-refractivity contribution is 0.244. The van der Waals surface area contributed by atoms with Gasteiger partial charge < -0.3 is 5.11 Å². The second-order valence-corrected chi connectivity index (χ2v) is 3.59. The zero-order valence-corrected chi connectivity index (χ0v) is 7.55. The van der Waals surface area contributed by atoms with Gasteiger partial charge in [-0.3, -0.25) is 0 Å². The minimum absolute atomic E-state index is 0.320. The van der Waals surface area contributed by atoms with Gasteiger partial charge in [-0.25, -0.2) is 0 Å². The summed E-state index contributed by atoms with van der Waals surface area (Å²) in [5.74, 6) is 0. The van der Waals surface area contributed by atoms with Crippen LogP contribution in [0.2, 0.25) is 0 Å². The molecule has 0 aliphatic rings. The first-order chi connectivity index (χ1) is 4.20. The van der Waals surface area contributed by atoms with Gasteiger partial charge in [0, 0.05) is 4.24 Å². The first-order valence-corrected chi connectivity index (χ1v) is 5.13.